The van der Waals surface area contributed by atoms with Crippen LogP contribution in [0.15, 0.2) is 77.6 Å². The molecule has 0 aliphatic carbocycles. The molecule has 0 unspecified atom stereocenters. The number of methoxy groups -OCH3 is 1. The maximum Gasteiger partial charge on any atom is 0.233 e. The van der Waals surface area contributed by atoms with Gasteiger partial charge in [0, 0.05) is 34.9 Å². The molecule has 3 heterocycles. The Balaban J connectivity index is 1.61. The molecule has 5 aromatic rings. The molecule has 0 radical (unpaired) electrons. The average molecular weight is 478 g/mol. The van der Waals surface area contributed by atoms with Crippen LogP contribution in [0.5, 0.6) is 5.75 Å². The molecule has 0 saturated heterocycles. The van der Waals surface area contributed by atoms with Crippen molar-refractivity contribution in [3.8, 4) is 17.2 Å². The summed E-state index contributed by atoms with van der Waals surface area (Å²) in [5.74, 6) is 0.684. The Morgan fingerprint density at radius 2 is 1.82 bits per heavy atom. The summed E-state index contributed by atoms with van der Waals surface area (Å²) in [6.07, 6.45) is 4.68. The summed E-state index contributed by atoms with van der Waals surface area (Å²) >= 11 is 12.8. The SMILES string of the molecule is COc1ccc2c(c1)c(C(=O)c1cnc(-c3ccncc3)o1)c(Cl)n2Cc1ccc(Cl)cc1. The van der Waals surface area contributed by atoms with Crippen molar-refractivity contribution in [1.29, 1.82) is 0 Å². The van der Waals surface area contributed by atoms with Crippen molar-refractivity contribution in [1.82, 2.24) is 14.5 Å². The number of aromatic nitrogens is 3. The minimum absolute atomic E-state index is 0.0945. The second-order valence-electron chi connectivity index (χ2n) is 7.36. The first-order valence-electron chi connectivity index (χ1n) is 10.1. The Bertz CT molecular complexity index is 1460. The lowest BCUT2D eigenvalue weighted by atomic mass is 10.1. The van der Waals surface area contributed by atoms with Gasteiger partial charge in [0.2, 0.25) is 11.7 Å². The van der Waals surface area contributed by atoms with Crippen LogP contribution >= 0.6 is 23.2 Å². The van der Waals surface area contributed by atoms with Gasteiger partial charge in [-0.05, 0) is 48.0 Å². The molecule has 0 aliphatic heterocycles. The normalized spacial score (nSPS) is 11.1. The first kappa shape index (κ1) is 21.2. The van der Waals surface area contributed by atoms with Gasteiger partial charge in [0.1, 0.15) is 10.9 Å². The minimum Gasteiger partial charge on any atom is -0.497 e. The van der Waals surface area contributed by atoms with E-state index in [9.17, 15) is 4.79 Å². The monoisotopic (exact) mass is 477 g/mol. The van der Waals surface area contributed by atoms with Crippen LogP contribution in [0.1, 0.15) is 21.7 Å². The first-order valence-corrected chi connectivity index (χ1v) is 10.8. The zero-order valence-electron chi connectivity index (χ0n) is 17.5. The van der Waals surface area contributed by atoms with E-state index in [2.05, 4.69) is 9.97 Å². The number of fused-ring (bicyclic) bond motifs is 1. The highest BCUT2D eigenvalue weighted by atomic mass is 35.5. The lowest BCUT2D eigenvalue weighted by Crippen LogP contribution is -2.03. The van der Waals surface area contributed by atoms with E-state index in [-0.39, 0.29) is 11.5 Å². The molecule has 0 amide bonds. The average Bonchev–Trinajstić information content (AvgIpc) is 3.44. The van der Waals surface area contributed by atoms with Gasteiger partial charge < -0.3 is 13.7 Å². The van der Waals surface area contributed by atoms with E-state index in [1.807, 2.05) is 41.0 Å². The number of hydrogen-bond acceptors (Lipinski definition) is 5. The summed E-state index contributed by atoms with van der Waals surface area (Å²) < 4.78 is 13.1. The van der Waals surface area contributed by atoms with Gasteiger partial charge in [0.25, 0.3) is 0 Å². The molecule has 2 aromatic carbocycles. The van der Waals surface area contributed by atoms with Crippen molar-refractivity contribution >= 4 is 39.9 Å². The second kappa shape index (κ2) is 8.73. The van der Waals surface area contributed by atoms with E-state index in [4.69, 9.17) is 32.4 Å². The number of ketones is 1. The van der Waals surface area contributed by atoms with Crippen molar-refractivity contribution in [2.24, 2.45) is 0 Å². The Morgan fingerprint density at radius 3 is 2.55 bits per heavy atom. The van der Waals surface area contributed by atoms with E-state index in [0.717, 1.165) is 16.6 Å². The van der Waals surface area contributed by atoms with Crippen LogP contribution in [-0.4, -0.2) is 27.4 Å². The first-order chi connectivity index (χ1) is 16.0. The molecular formula is C25H17Cl2N3O3. The fourth-order valence-corrected chi connectivity index (χ4v) is 4.17. The summed E-state index contributed by atoms with van der Waals surface area (Å²) in [6, 6.07) is 16.5. The van der Waals surface area contributed by atoms with Gasteiger partial charge in [-0.1, -0.05) is 35.3 Å². The topological polar surface area (TPSA) is 70.2 Å². The Morgan fingerprint density at radius 1 is 1.06 bits per heavy atom. The van der Waals surface area contributed by atoms with E-state index < -0.39 is 0 Å². The molecule has 6 nitrogen and oxygen atoms in total. The predicted octanol–water partition coefficient (Wildman–Crippen LogP) is 6.29. The third-order valence-electron chi connectivity index (χ3n) is 5.34. The number of halogens is 2. The maximum atomic E-state index is 13.5. The van der Waals surface area contributed by atoms with Crippen molar-refractivity contribution in [3.63, 3.8) is 0 Å². The van der Waals surface area contributed by atoms with Crippen molar-refractivity contribution in [2.45, 2.75) is 6.54 Å². The number of benzene rings is 2. The largest absolute Gasteiger partial charge is 0.497 e. The number of nitrogens with zero attached hydrogens (tertiary/aromatic N) is 3. The highest BCUT2D eigenvalue weighted by molar-refractivity contribution is 6.37. The third-order valence-corrected chi connectivity index (χ3v) is 5.99. The van der Waals surface area contributed by atoms with Crippen LogP contribution in [-0.2, 0) is 6.54 Å². The number of hydrogen-bond donors (Lipinski definition) is 0. The van der Waals surface area contributed by atoms with Crippen LogP contribution in [0.25, 0.3) is 22.4 Å². The van der Waals surface area contributed by atoms with E-state index in [1.54, 1.807) is 37.7 Å². The van der Waals surface area contributed by atoms with Crippen molar-refractivity contribution < 1.29 is 13.9 Å². The Kier molecular flexibility index (Phi) is 5.62. The van der Waals surface area contributed by atoms with E-state index in [1.165, 1.54) is 6.20 Å². The molecule has 5 rings (SSSR count). The number of rotatable bonds is 6. The number of oxazole rings is 1. The van der Waals surface area contributed by atoms with Gasteiger partial charge in [-0.25, -0.2) is 4.98 Å². The molecule has 0 spiro atoms. The van der Waals surface area contributed by atoms with E-state index in [0.29, 0.717) is 39.3 Å². The molecule has 0 saturated carbocycles. The van der Waals surface area contributed by atoms with Crippen LogP contribution in [0.3, 0.4) is 0 Å². The summed E-state index contributed by atoms with van der Waals surface area (Å²) in [7, 11) is 1.58. The van der Waals surface area contributed by atoms with Crippen molar-refractivity contribution in [2.75, 3.05) is 7.11 Å². The molecule has 0 aliphatic rings. The Hall–Kier alpha value is -3.61. The number of carbonyl (C=O) groups excluding carboxylic acids is 1. The fourth-order valence-electron chi connectivity index (χ4n) is 3.70. The third kappa shape index (κ3) is 3.99. The maximum absolute atomic E-state index is 13.5. The highest BCUT2D eigenvalue weighted by Gasteiger charge is 2.26. The molecular weight excluding hydrogens is 461 g/mol. The fraction of sp³-hybridized carbons (Fsp3) is 0.0800. The molecule has 0 atom stereocenters. The summed E-state index contributed by atoms with van der Waals surface area (Å²) in [5, 5.41) is 1.62. The second-order valence-corrected chi connectivity index (χ2v) is 8.15. The van der Waals surface area contributed by atoms with Crippen LogP contribution in [0.4, 0.5) is 0 Å². The molecule has 164 valence electrons. The van der Waals surface area contributed by atoms with Crippen LogP contribution in [0, 0.1) is 0 Å². The summed E-state index contributed by atoms with van der Waals surface area (Å²) in [6.45, 7) is 0.463. The summed E-state index contributed by atoms with van der Waals surface area (Å²) in [5.41, 5.74) is 2.85. The predicted molar refractivity (Wildman–Crippen MR) is 127 cm³/mol. The van der Waals surface area contributed by atoms with Crippen LogP contribution < -0.4 is 4.74 Å². The molecule has 3 aromatic heterocycles. The summed E-state index contributed by atoms with van der Waals surface area (Å²) in [4.78, 5) is 21.8. The molecule has 8 heteroatoms. The lowest BCUT2D eigenvalue weighted by molar-refractivity contribution is 0.101. The van der Waals surface area contributed by atoms with Gasteiger partial charge in [0.05, 0.1) is 24.4 Å². The van der Waals surface area contributed by atoms with Crippen molar-refractivity contribution in [3.05, 3.63) is 100 Å². The van der Waals surface area contributed by atoms with Gasteiger partial charge >= 0.3 is 0 Å². The quantitative estimate of drug-likeness (QED) is 0.269. The molecule has 0 N–H and O–H groups in total. The van der Waals surface area contributed by atoms with Gasteiger partial charge in [-0.3, -0.25) is 9.78 Å². The molecule has 0 bridgehead atoms. The number of pyridine rings is 1. The zero-order chi connectivity index (χ0) is 22.9. The van der Waals surface area contributed by atoms with Gasteiger partial charge in [-0.2, -0.15) is 0 Å². The van der Waals surface area contributed by atoms with E-state index >= 15 is 0 Å². The number of carbonyl (C=O) groups is 1. The van der Waals surface area contributed by atoms with Gasteiger partial charge in [-0.15, -0.1) is 0 Å². The van der Waals surface area contributed by atoms with Crippen LogP contribution in [0.2, 0.25) is 10.2 Å². The molecule has 0 fully saturated rings. The number of ether oxygens (including phenoxy) is 1. The zero-order valence-corrected chi connectivity index (χ0v) is 19.0. The van der Waals surface area contributed by atoms with Gasteiger partial charge in [0.15, 0.2) is 5.76 Å². The highest BCUT2D eigenvalue weighted by Crippen LogP contribution is 2.35. The minimum atomic E-state index is -0.360. The molecule has 33 heavy (non-hydrogen) atoms. The lowest BCUT2D eigenvalue weighted by Gasteiger charge is -2.08. The standard InChI is InChI=1S/C25H17Cl2N3O3/c1-32-18-6-7-20-19(12-18)22(24(27)30(20)14-15-2-4-17(26)5-3-15)23(31)21-13-29-25(33-21)16-8-10-28-11-9-16/h2-13H,14H2,1H3. The Labute approximate surface area is 199 Å². The smallest absolute Gasteiger partial charge is 0.233 e.